The van der Waals surface area contributed by atoms with E-state index < -0.39 is 0 Å². The summed E-state index contributed by atoms with van der Waals surface area (Å²) in [7, 11) is 0. The first-order chi connectivity index (χ1) is 12.6. The molecule has 2 aliphatic heterocycles. The summed E-state index contributed by atoms with van der Waals surface area (Å²) in [6, 6.07) is 6.46. The zero-order valence-electron chi connectivity index (χ0n) is 15.1. The van der Waals surface area contributed by atoms with Gasteiger partial charge in [0.1, 0.15) is 5.82 Å². The number of hydrogen-bond donors (Lipinski definition) is 0. The minimum absolute atomic E-state index is 0.0206. The summed E-state index contributed by atoms with van der Waals surface area (Å²) in [4.78, 5) is 31.9. The molecule has 1 aromatic carbocycles. The van der Waals surface area contributed by atoms with Crippen molar-refractivity contribution in [3.05, 3.63) is 30.1 Å². The van der Waals surface area contributed by atoms with Gasteiger partial charge in [0.15, 0.2) is 0 Å². The van der Waals surface area contributed by atoms with Gasteiger partial charge in [0.2, 0.25) is 0 Å². The summed E-state index contributed by atoms with van der Waals surface area (Å²) in [5, 5.41) is 0. The lowest BCUT2D eigenvalue weighted by atomic mass is 10.2. The van der Waals surface area contributed by atoms with Crippen molar-refractivity contribution in [1.82, 2.24) is 14.7 Å². The fraction of sp³-hybridized carbons (Fsp3) is 0.556. The molecule has 0 aliphatic carbocycles. The number of anilines is 1. The minimum atomic E-state index is -0.312. The van der Waals surface area contributed by atoms with E-state index in [1.54, 1.807) is 28.9 Å². The van der Waals surface area contributed by atoms with E-state index in [2.05, 4.69) is 4.90 Å². The summed E-state index contributed by atoms with van der Waals surface area (Å²) in [6.07, 6.45) is -0.312. The third-order valence-electron chi connectivity index (χ3n) is 4.82. The average Bonchev–Trinajstić information content (AvgIpc) is 2.68. The van der Waals surface area contributed by atoms with Gasteiger partial charge in [0.25, 0.3) is 0 Å². The topological polar surface area (TPSA) is 56.3 Å². The third kappa shape index (κ3) is 4.17. The van der Waals surface area contributed by atoms with Crippen LogP contribution in [0.3, 0.4) is 0 Å². The quantitative estimate of drug-likeness (QED) is 0.804. The number of ether oxygens (including phenoxy) is 1. The summed E-state index contributed by atoms with van der Waals surface area (Å²) in [5.74, 6) is -0.246. The van der Waals surface area contributed by atoms with Crippen molar-refractivity contribution in [1.29, 1.82) is 0 Å². The van der Waals surface area contributed by atoms with Gasteiger partial charge in [-0.25, -0.2) is 14.0 Å². The molecule has 3 rings (SSSR count). The molecule has 8 heteroatoms. The van der Waals surface area contributed by atoms with Crippen LogP contribution in [0, 0.1) is 5.82 Å². The van der Waals surface area contributed by atoms with Crippen LogP contribution < -0.4 is 4.90 Å². The van der Waals surface area contributed by atoms with Crippen molar-refractivity contribution >= 4 is 17.8 Å². The molecular weight excluding hydrogens is 339 g/mol. The number of rotatable bonds is 2. The zero-order valence-corrected chi connectivity index (χ0v) is 15.1. The Kier molecular flexibility index (Phi) is 5.80. The van der Waals surface area contributed by atoms with Crippen molar-refractivity contribution in [2.24, 2.45) is 0 Å². The largest absolute Gasteiger partial charge is 0.450 e. The molecule has 2 heterocycles. The summed E-state index contributed by atoms with van der Waals surface area (Å²) in [5.41, 5.74) is 0.974. The molecule has 0 N–H and O–H groups in total. The Balaban J connectivity index is 1.47. The normalized spacial score (nSPS) is 18.1. The number of halogens is 1. The molecule has 0 unspecified atom stereocenters. The summed E-state index contributed by atoms with van der Waals surface area (Å²) in [6.45, 7) is 6.90. The number of carbonyl (C=O) groups is 2. The smallest absolute Gasteiger partial charge is 0.409 e. The first-order valence-electron chi connectivity index (χ1n) is 9.04. The van der Waals surface area contributed by atoms with Crippen LogP contribution in [0.1, 0.15) is 6.92 Å². The van der Waals surface area contributed by atoms with Crippen molar-refractivity contribution in [2.75, 3.05) is 63.9 Å². The number of nitrogens with zero attached hydrogens (tertiary/aromatic N) is 4. The van der Waals surface area contributed by atoms with E-state index in [1.165, 1.54) is 12.1 Å². The second-order valence-electron chi connectivity index (χ2n) is 6.41. The summed E-state index contributed by atoms with van der Waals surface area (Å²) < 4.78 is 18.0. The molecule has 7 nitrogen and oxygen atoms in total. The molecular formula is C18H25FN4O3. The maximum absolute atomic E-state index is 13.0. The lowest BCUT2D eigenvalue weighted by Crippen LogP contribution is -2.57. The molecule has 0 radical (unpaired) electrons. The number of urea groups is 1. The molecule has 0 atom stereocenters. The van der Waals surface area contributed by atoms with Gasteiger partial charge in [-0.15, -0.1) is 0 Å². The Hall–Kier alpha value is -2.51. The number of hydrogen-bond acceptors (Lipinski definition) is 4. The molecule has 1 aromatic rings. The number of piperazine rings is 2. The monoisotopic (exact) mass is 364 g/mol. The molecule has 3 amide bonds. The average molecular weight is 364 g/mol. The second kappa shape index (κ2) is 8.25. The lowest BCUT2D eigenvalue weighted by molar-refractivity contribution is 0.0781. The molecule has 0 saturated carbocycles. The van der Waals surface area contributed by atoms with E-state index in [1.807, 2.05) is 4.90 Å². The van der Waals surface area contributed by atoms with Crippen LogP contribution in [0.15, 0.2) is 24.3 Å². The van der Waals surface area contributed by atoms with Crippen molar-refractivity contribution < 1.29 is 18.7 Å². The van der Waals surface area contributed by atoms with E-state index in [-0.39, 0.29) is 17.9 Å². The van der Waals surface area contributed by atoms with Crippen LogP contribution in [0.2, 0.25) is 0 Å². The Morgan fingerprint density at radius 2 is 1.38 bits per heavy atom. The number of amides is 3. The standard InChI is InChI=1S/C18H25FN4O3/c1-2-26-18(25)23-13-11-22(12-14-23)17(24)21-9-7-20(8-10-21)16-5-3-15(19)4-6-16/h3-6H,2,7-14H2,1H3. The van der Waals surface area contributed by atoms with E-state index in [0.717, 1.165) is 18.8 Å². The maximum Gasteiger partial charge on any atom is 0.409 e. The van der Waals surface area contributed by atoms with Gasteiger partial charge in [-0.1, -0.05) is 0 Å². The zero-order chi connectivity index (χ0) is 18.5. The number of carbonyl (C=O) groups excluding carboxylic acids is 2. The Morgan fingerprint density at radius 3 is 1.92 bits per heavy atom. The first-order valence-corrected chi connectivity index (χ1v) is 9.04. The molecule has 0 bridgehead atoms. The van der Waals surface area contributed by atoms with Crippen LogP contribution in [-0.4, -0.2) is 85.8 Å². The highest BCUT2D eigenvalue weighted by atomic mass is 19.1. The fourth-order valence-electron chi connectivity index (χ4n) is 3.30. The maximum atomic E-state index is 13.0. The van der Waals surface area contributed by atoms with Crippen LogP contribution in [-0.2, 0) is 4.74 Å². The van der Waals surface area contributed by atoms with Gasteiger partial charge >= 0.3 is 12.1 Å². The molecule has 0 aromatic heterocycles. The van der Waals surface area contributed by atoms with Crippen molar-refractivity contribution in [3.8, 4) is 0 Å². The van der Waals surface area contributed by atoms with Crippen molar-refractivity contribution in [3.63, 3.8) is 0 Å². The number of benzene rings is 1. The second-order valence-corrected chi connectivity index (χ2v) is 6.41. The molecule has 142 valence electrons. The molecule has 26 heavy (non-hydrogen) atoms. The van der Waals surface area contributed by atoms with E-state index in [4.69, 9.17) is 4.74 Å². The van der Waals surface area contributed by atoms with Crippen LogP contribution >= 0.6 is 0 Å². The van der Waals surface area contributed by atoms with Gasteiger partial charge in [0.05, 0.1) is 6.61 Å². The van der Waals surface area contributed by atoms with Gasteiger partial charge in [0, 0.05) is 58.0 Å². The predicted molar refractivity (Wildman–Crippen MR) is 95.8 cm³/mol. The molecule has 2 aliphatic rings. The SMILES string of the molecule is CCOC(=O)N1CCN(C(=O)N2CCN(c3ccc(F)cc3)CC2)CC1. The minimum Gasteiger partial charge on any atom is -0.450 e. The highest BCUT2D eigenvalue weighted by Gasteiger charge is 2.29. The predicted octanol–water partition coefficient (Wildman–Crippen LogP) is 1.84. The highest BCUT2D eigenvalue weighted by molar-refractivity contribution is 5.75. The Labute approximate surface area is 152 Å². The van der Waals surface area contributed by atoms with Gasteiger partial charge in [-0.2, -0.15) is 0 Å². The lowest BCUT2D eigenvalue weighted by Gasteiger charge is -2.40. The summed E-state index contributed by atoms with van der Waals surface area (Å²) >= 11 is 0. The van der Waals surface area contributed by atoms with Crippen molar-refractivity contribution in [2.45, 2.75) is 6.92 Å². The molecule has 2 saturated heterocycles. The van der Waals surface area contributed by atoms with Gasteiger partial charge < -0.3 is 24.3 Å². The van der Waals surface area contributed by atoms with E-state index in [9.17, 15) is 14.0 Å². The Morgan fingerprint density at radius 1 is 0.885 bits per heavy atom. The van der Waals surface area contributed by atoms with E-state index >= 15 is 0 Å². The van der Waals surface area contributed by atoms with E-state index in [0.29, 0.717) is 45.9 Å². The van der Waals surface area contributed by atoms with Gasteiger partial charge in [-0.3, -0.25) is 0 Å². The fourth-order valence-corrected chi connectivity index (χ4v) is 3.30. The van der Waals surface area contributed by atoms with Gasteiger partial charge in [-0.05, 0) is 31.2 Å². The Bertz CT molecular complexity index is 624. The molecule has 2 fully saturated rings. The van der Waals surface area contributed by atoms with Crippen LogP contribution in [0.25, 0.3) is 0 Å². The first kappa shape index (κ1) is 18.3. The van der Waals surface area contributed by atoms with Crippen LogP contribution in [0.4, 0.5) is 19.7 Å². The molecule has 0 spiro atoms. The van der Waals surface area contributed by atoms with Crippen LogP contribution in [0.5, 0.6) is 0 Å². The highest BCUT2D eigenvalue weighted by Crippen LogP contribution is 2.18. The third-order valence-corrected chi connectivity index (χ3v) is 4.82.